The number of Topliss-reactive ketones (excluding diaryl/α,β-unsaturated/α-hetero) is 1. The maximum Gasteiger partial charge on any atom is 0.201 e. The smallest absolute Gasteiger partial charge is 0.201 e. The minimum Gasteiger partial charge on any atom is -0.508 e. The average Bonchev–Trinajstić information content (AvgIpc) is 2.59. The lowest BCUT2D eigenvalue weighted by Crippen LogP contribution is -2.30. The molecule has 0 amide bonds. The number of phenols is 2. The zero-order chi connectivity index (χ0) is 17.3. The van der Waals surface area contributed by atoms with Crippen LogP contribution in [-0.2, 0) is 6.42 Å². The molecule has 6 nitrogen and oxygen atoms in total. The molecule has 0 bridgehead atoms. The highest BCUT2D eigenvalue weighted by atomic mass is 16.5. The van der Waals surface area contributed by atoms with Gasteiger partial charge in [-0.2, -0.15) is 0 Å². The molecule has 1 unspecified atom stereocenters. The molecule has 24 heavy (non-hydrogen) atoms. The number of benzene rings is 2. The number of hydrogen-bond donors (Lipinski definition) is 2. The normalized spacial score (nSPS) is 16.2. The van der Waals surface area contributed by atoms with E-state index in [1.165, 1.54) is 20.3 Å². The maximum absolute atomic E-state index is 12.9. The van der Waals surface area contributed by atoms with Crippen molar-refractivity contribution in [1.29, 1.82) is 0 Å². The Balaban J connectivity index is 1.94. The number of aromatic hydroxyl groups is 2. The van der Waals surface area contributed by atoms with E-state index < -0.39 is 5.92 Å². The lowest BCUT2D eigenvalue weighted by Gasteiger charge is -2.26. The van der Waals surface area contributed by atoms with Crippen LogP contribution in [0.5, 0.6) is 28.7 Å². The number of carbonyl (C=O) groups excluding carboxylic acids is 1. The van der Waals surface area contributed by atoms with Crippen molar-refractivity contribution in [3.05, 3.63) is 41.5 Å². The van der Waals surface area contributed by atoms with Crippen molar-refractivity contribution in [3.63, 3.8) is 0 Å². The fourth-order valence-electron chi connectivity index (χ4n) is 2.84. The highest BCUT2D eigenvalue weighted by Crippen LogP contribution is 2.47. The van der Waals surface area contributed by atoms with Gasteiger partial charge in [0.25, 0.3) is 0 Å². The van der Waals surface area contributed by atoms with E-state index in [2.05, 4.69) is 0 Å². The third-order valence-electron chi connectivity index (χ3n) is 4.08. The van der Waals surface area contributed by atoms with E-state index in [1.807, 2.05) is 0 Å². The van der Waals surface area contributed by atoms with Crippen molar-refractivity contribution < 1.29 is 29.2 Å². The fourth-order valence-corrected chi connectivity index (χ4v) is 2.84. The summed E-state index contributed by atoms with van der Waals surface area (Å²) < 4.78 is 16.0. The Morgan fingerprint density at radius 2 is 1.88 bits per heavy atom. The molecule has 1 heterocycles. The van der Waals surface area contributed by atoms with Gasteiger partial charge >= 0.3 is 0 Å². The number of carbonyl (C=O) groups is 1. The topological polar surface area (TPSA) is 85.2 Å². The number of phenolic OH excluding ortho intramolecular Hbond substituents is 2. The Morgan fingerprint density at radius 3 is 2.50 bits per heavy atom. The summed E-state index contributed by atoms with van der Waals surface area (Å²) in [6.45, 7) is 0.226. The summed E-state index contributed by atoms with van der Waals surface area (Å²) in [5.41, 5.74) is 1.14. The third-order valence-corrected chi connectivity index (χ3v) is 4.08. The average molecular weight is 330 g/mol. The van der Waals surface area contributed by atoms with Crippen LogP contribution in [0.15, 0.2) is 30.3 Å². The maximum atomic E-state index is 12.9. The highest BCUT2D eigenvalue weighted by Gasteiger charge is 2.34. The van der Waals surface area contributed by atoms with Crippen molar-refractivity contribution in [3.8, 4) is 28.7 Å². The number of methoxy groups -OCH3 is 2. The van der Waals surface area contributed by atoms with Crippen LogP contribution < -0.4 is 14.2 Å². The molecule has 126 valence electrons. The second kappa shape index (κ2) is 6.31. The van der Waals surface area contributed by atoms with Gasteiger partial charge in [-0.25, -0.2) is 0 Å². The van der Waals surface area contributed by atoms with Gasteiger partial charge < -0.3 is 24.4 Å². The number of ketones is 1. The largest absolute Gasteiger partial charge is 0.508 e. The van der Waals surface area contributed by atoms with Crippen LogP contribution in [0, 0.1) is 5.92 Å². The molecule has 0 radical (unpaired) electrons. The summed E-state index contributed by atoms with van der Waals surface area (Å²) in [7, 11) is 2.80. The third kappa shape index (κ3) is 2.71. The second-order valence-corrected chi connectivity index (χ2v) is 5.58. The van der Waals surface area contributed by atoms with Crippen molar-refractivity contribution >= 4 is 5.78 Å². The zero-order valence-corrected chi connectivity index (χ0v) is 13.4. The minimum atomic E-state index is -0.399. The molecular weight excluding hydrogens is 312 g/mol. The lowest BCUT2D eigenvalue weighted by atomic mass is 9.89. The van der Waals surface area contributed by atoms with Gasteiger partial charge in [-0.1, -0.05) is 12.1 Å². The molecule has 2 aromatic rings. The molecule has 0 aromatic heterocycles. The van der Waals surface area contributed by atoms with Crippen molar-refractivity contribution in [2.75, 3.05) is 20.8 Å². The Labute approximate surface area is 139 Å². The minimum absolute atomic E-state index is 0.0600. The van der Waals surface area contributed by atoms with Gasteiger partial charge in [-0.05, 0) is 24.1 Å². The summed E-state index contributed by atoms with van der Waals surface area (Å²) in [5.74, 6) is -0.00792. The first-order chi connectivity index (χ1) is 11.5. The quantitative estimate of drug-likeness (QED) is 0.896. The Kier molecular flexibility index (Phi) is 4.20. The zero-order valence-electron chi connectivity index (χ0n) is 13.4. The predicted octanol–water partition coefficient (Wildman–Crippen LogP) is 2.55. The van der Waals surface area contributed by atoms with E-state index in [-0.39, 0.29) is 41.0 Å². The monoisotopic (exact) mass is 330 g/mol. The van der Waals surface area contributed by atoms with E-state index in [0.717, 1.165) is 5.56 Å². The van der Waals surface area contributed by atoms with E-state index in [9.17, 15) is 15.0 Å². The van der Waals surface area contributed by atoms with Gasteiger partial charge in [0.05, 0.1) is 26.7 Å². The first kappa shape index (κ1) is 16.0. The van der Waals surface area contributed by atoms with Crippen molar-refractivity contribution in [2.45, 2.75) is 6.42 Å². The number of fused-ring (bicyclic) bond motifs is 1. The van der Waals surface area contributed by atoms with Crippen LogP contribution in [0.2, 0.25) is 0 Å². The van der Waals surface area contributed by atoms with Crippen LogP contribution >= 0.6 is 0 Å². The molecular formula is C18H18O6. The van der Waals surface area contributed by atoms with E-state index >= 15 is 0 Å². The fraction of sp³-hybridized carbons (Fsp3) is 0.278. The Morgan fingerprint density at radius 1 is 1.17 bits per heavy atom. The molecule has 0 saturated carbocycles. The van der Waals surface area contributed by atoms with Gasteiger partial charge in [0.1, 0.15) is 17.1 Å². The summed E-state index contributed by atoms with van der Waals surface area (Å²) in [5, 5.41) is 19.5. The summed E-state index contributed by atoms with van der Waals surface area (Å²) in [6.07, 6.45) is 0.467. The molecule has 0 saturated heterocycles. The van der Waals surface area contributed by atoms with Crippen LogP contribution in [0.25, 0.3) is 0 Å². The van der Waals surface area contributed by atoms with Gasteiger partial charge in [0.2, 0.25) is 5.75 Å². The summed E-state index contributed by atoms with van der Waals surface area (Å²) >= 11 is 0. The molecule has 6 heteroatoms. The van der Waals surface area contributed by atoms with Crippen molar-refractivity contribution in [1.82, 2.24) is 0 Å². The Bertz CT molecular complexity index is 766. The lowest BCUT2D eigenvalue weighted by molar-refractivity contribution is 0.0824. The number of ether oxygens (including phenoxy) is 3. The SMILES string of the molecule is COc1cc2c(c(OC)c1O)C(=O)C(Cc1ccc(O)cc1)CO2. The molecule has 2 aromatic carbocycles. The second-order valence-electron chi connectivity index (χ2n) is 5.58. The predicted molar refractivity (Wildman–Crippen MR) is 86.3 cm³/mol. The van der Waals surface area contributed by atoms with Gasteiger partial charge in [0.15, 0.2) is 17.3 Å². The number of hydrogen-bond acceptors (Lipinski definition) is 6. The van der Waals surface area contributed by atoms with Crippen molar-refractivity contribution in [2.24, 2.45) is 5.92 Å². The molecule has 2 N–H and O–H groups in total. The Hall–Kier alpha value is -2.89. The molecule has 0 spiro atoms. The first-order valence-electron chi connectivity index (χ1n) is 7.48. The molecule has 1 atom stereocenters. The van der Waals surface area contributed by atoms with Gasteiger partial charge in [0, 0.05) is 6.07 Å². The molecule has 1 aliphatic heterocycles. The highest BCUT2D eigenvalue weighted by molar-refractivity contribution is 6.05. The van der Waals surface area contributed by atoms with E-state index in [1.54, 1.807) is 24.3 Å². The van der Waals surface area contributed by atoms with Crippen LogP contribution in [0.4, 0.5) is 0 Å². The van der Waals surface area contributed by atoms with Crippen LogP contribution in [0.3, 0.4) is 0 Å². The number of rotatable bonds is 4. The van der Waals surface area contributed by atoms with Gasteiger partial charge in [-0.15, -0.1) is 0 Å². The van der Waals surface area contributed by atoms with Crippen LogP contribution in [0.1, 0.15) is 15.9 Å². The molecule has 1 aliphatic rings. The van der Waals surface area contributed by atoms with E-state index in [4.69, 9.17) is 14.2 Å². The molecule has 0 fully saturated rings. The first-order valence-corrected chi connectivity index (χ1v) is 7.48. The summed E-state index contributed by atoms with van der Waals surface area (Å²) in [4.78, 5) is 12.9. The summed E-state index contributed by atoms with van der Waals surface area (Å²) in [6, 6.07) is 8.17. The molecule has 3 rings (SSSR count). The molecule has 0 aliphatic carbocycles. The van der Waals surface area contributed by atoms with Gasteiger partial charge in [-0.3, -0.25) is 4.79 Å². The van der Waals surface area contributed by atoms with E-state index in [0.29, 0.717) is 12.2 Å². The van der Waals surface area contributed by atoms with Crippen LogP contribution in [-0.4, -0.2) is 36.8 Å². The standard InChI is InChI=1S/C18H18O6/c1-22-14-8-13-15(18(23-2)17(14)21)16(20)11(9-24-13)7-10-3-5-12(19)6-4-10/h3-6,8,11,19,21H,7,9H2,1-2H3.